The van der Waals surface area contributed by atoms with Gasteiger partial charge in [-0.2, -0.15) is 0 Å². The van der Waals surface area contributed by atoms with Crippen LogP contribution in [0.4, 0.5) is 0 Å². The number of nitrogens with one attached hydrogen (secondary N) is 1. The average molecular weight is 215 g/mol. The van der Waals surface area contributed by atoms with E-state index in [9.17, 15) is 0 Å². The summed E-state index contributed by atoms with van der Waals surface area (Å²) in [5.41, 5.74) is 0.213. The Morgan fingerprint density at radius 1 is 1.27 bits per heavy atom. The lowest BCUT2D eigenvalue weighted by atomic mass is 10.1. The third kappa shape index (κ3) is 5.50. The van der Waals surface area contributed by atoms with E-state index >= 15 is 0 Å². The summed E-state index contributed by atoms with van der Waals surface area (Å²) < 4.78 is 10.9. The molecule has 0 amide bonds. The highest BCUT2D eigenvalue weighted by atomic mass is 16.5. The molecular formula is C12H25NO2. The van der Waals surface area contributed by atoms with E-state index in [0.717, 1.165) is 26.0 Å². The second-order valence-corrected chi connectivity index (χ2v) is 5.38. The summed E-state index contributed by atoms with van der Waals surface area (Å²) in [6.07, 6.45) is 4.19. The lowest BCUT2D eigenvalue weighted by molar-refractivity contribution is -0.00425. The lowest BCUT2D eigenvalue weighted by Crippen LogP contribution is -2.37. The molecule has 1 fully saturated rings. The van der Waals surface area contributed by atoms with E-state index in [0.29, 0.717) is 12.2 Å². The van der Waals surface area contributed by atoms with Crippen molar-refractivity contribution in [1.29, 1.82) is 0 Å². The van der Waals surface area contributed by atoms with E-state index in [4.69, 9.17) is 9.47 Å². The Hall–Kier alpha value is -0.120. The fourth-order valence-corrected chi connectivity index (χ4v) is 1.91. The molecule has 0 saturated carbocycles. The summed E-state index contributed by atoms with van der Waals surface area (Å²) >= 11 is 0. The van der Waals surface area contributed by atoms with Crippen molar-refractivity contribution in [1.82, 2.24) is 5.32 Å². The summed E-state index contributed by atoms with van der Waals surface area (Å²) in [6.45, 7) is 8.35. The minimum absolute atomic E-state index is 0.213. The van der Waals surface area contributed by atoms with E-state index in [1.165, 1.54) is 6.42 Å². The molecule has 1 heterocycles. The molecule has 0 bridgehead atoms. The van der Waals surface area contributed by atoms with Crippen LogP contribution in [-0.2, 0) is 9.47 Å². The predicted molar refractivity (Wildman–Crippen MR) is 62.1 cm³/mol. The van der Waals surface area contributed by atoms with Gasteiger partial charge in [0.2, 0.25) is 0 Å². The molecule has 3 nitrogen and oxygen atoms in total. The molecule has 1 aliphatic rings. The van der Waals surface area contributed by atoms with Gasteiger partial charge in [-0.05, 0) is 46.6 Å². The Kier molecular flexibility index (Phi) is 5.03. The fraction of sp³-hybridized carbons (Fsp3) is 1.00. The van der Waals surface area contributed by atoms with Gasteiger partial charge in [0.25, 0.3) is 0 Å². The van der Waals surface area contributed by atoms with Crippen LogP contribution in [0.25, 0.3) is 0 Å². The predicted octanol–water partition coefficient (Wildman–Crippen LogP) is 1.96. The molecule has 2 unspecified atom stereocenters. The molecule has 0 radical (unpaired) electrons. The zero-order valence-electron chi connectivity index (χ0n) is 10.5. The first-order valence-corrected chi connectivity index (χ1v) is 5.90. The van der Waals surface area contributed by atoms with Crippen LogP contribution < -0.4 is 5.32 Å². The van der Waals surface area contributed by atoms with Crippen molar-refractivity contribution < 1.29 is 9.47 Å². The van der Waals surface area contributed by atoms with Crippen LogP contribution in [0.15, 0.2) is 0 Å². The van der Waals surface area contributed by atoms with Gasteiger partial charge in [-0.1, -0.05) is 0 Å². The highest BCUT2D eigenvalue weighted by Crippen LogP contribution is 2.22. The van der Waals surface area contributed by atoms with Gasteiger partial charge in [0.05, 0.1) is 18.8 Å². The van der Waals surface area contributed by atoms with Crippen molar-refractivity contribution >= 4 is 0 Å². The number of hydrogen-bond acceptors (Lipinski definition) is 3. The molecule has 0 aliphatic carbocycles. The van der Waals surface area contributed by atoms with Gasteiger partial charge in [-0.15, -0.1) is 0 Å². The summed E-state index contributed by atoms with van der Waals surface area (Å²) in [6, 6.07) is 0. The summed E-state index contributed by atoms with van der Waals surface area (Å²) in [4.78, 5) is 0. The zero-order valence-corrected chi connectivity index (χ0v) is 10.5. The SMILES string of the molecule is COCC1CCC(CCNC(C)(C)C)O1. The maximum atomic E-state index is 5.85. The topological polar surface area (TPSA) is 30.5 Å². The first-order valence-electron chi connectivity index (χ1n) is 5.90. The third-order valence-corrected chi connectivity index (χ3v) is 2.67. The average Bonchev–Trinajstić information content (AvgIpc) is 2.51. The Morgan fingerprint density at radius 3 is 2.53 bits per heavy atom. The number of methoxy groups -OCH3 is 1. The van der Waals surface area contributed by atoms with Gasteiger partial charge >= 0.3 is 0 Å². The number of ether oxygens (including phenoxy) is 2. The first-order chi connectivity index (χ1) is 7.01. The van der Waals surface area contributed by atoms with Crippen LogP contribution >= 0.6 is 0 Å². The molecule has 1 aliphatic heterocycles. The molecule has 0 aromatic heterocycles. The van der Waals surface area contributed by atoms with Gasteiger partial charge in [0, 0.05) is 12.6 Å². The van der Waals surface area contributed by atoms with Crippen molar-refractivity contribution in [2.24, 2.45) is 0 Å². The Labute approximate surface area is 93.5 Å². The molecule has 90 valence electrons. The van der Waals surface area contributed by atoms with E-state index in [1.54, 1.807) is 7.11 Å². The van der Waals surface area contributed by atoms with Gasteiger partial charge in [0.15, 0.2) is 0 Å². The Balaban J connectivity index is 2.09. The zero-order chi connectivity index (χ0) is 11.3. The molecule has 1 saturated heterocycles. The maximum absolute atomic E-state index is 5.85. The second kappa shape index (κ2) is 5.83. The molecule has 0 aromatic rings. The number of rotatable bonds is 5. The third-order valence-electron chi connectivity index (χ3n) is 2.67. The smallest absolute Gasteiger partial charge is 0.0813 e. The van der Waals surface area contributed by atoms with Gasteiger partial charge in [-0.25, -0.2) is 0 Å². The minimum atomic E-state index is 0.213. The number of hydrogen-bond donors (Lipinski definition) is 1. The molecule has 3 heteroatoms. The molecule has 15 heavy (non-hydrogen) atoms. The van der Waals surface area contributed by atoms with E-state index in [-0.39, 0.29) is 5.54 Å². The van der Waals surface area contributed by atoms with Crippen molar-refractivity contribution in [3.8, 4) is 0 Å². The first kappa shape index (κ1) is 12.9. The molecule has 2 atom stereocenters. The van der Waals surface area contributed by atoms with E-state index < -0.39 is 0 Å². The van der Waals surface area contributed by atoms with E-state index in [2.05, 4.69) is 26.1 Å². The Morgan fingerprint density at radius 2 is 1.93 bits per heavy atom. The molecule has 0 aromatic carbocycles. The highest BCUT2D eigenvalue weighted by Gasteiger charge is 2.24. The van der Waals surface area contributed by atoms with Gasteiger partial charge in [-0.3, -0.25) is 0 Å². The maximum Gasteiger partial charge on any atom is 0.0813 e. The van der Waals surface area contributed by atoms with Crippen molar-refractivity contribution in [3.05, 3.63) is 0 Å². The largest absolute Gasteiger partial charge is 0.382 e. The van der Waals surface area contributed by atoms with Crippen LogP contribution in [0.1, 0.15) is 40.0 Å². The molecule has 0 spiro atoms. The molecule has 1 N–H and O–H groups in total. The van der Waals surface area contributed by atoms with Crippen LogP contribution in [0.5, 0.6) is 0 Å². The van der Waals surface area contributed by atoms with Gasteiger partial charge < -0.3 is 14.8 Å². The van der Waals surface area contributed by atoms with Crippen molar-refractivity contribution in [2.45, 2.75) is 57.8 Å². The highest BCUT2D eigenvalue weighted by molar-refractivity contribution is 4.76. The standard InChI is InChI=1S/C12H25NO2/c1-12(2,3)13-8-7-10-5-6-11(15-10)9-14-4/h10-11,13H,5-9H2,1-4H3. The summed E-state index contributed by atoms with van der Waals surface area (Å²) in [5, 5.41) is 3.48. The minimum Gasteiger partial charge on any atom is -0.382 e. The van der Waals surface area contributed by atoms with Crippen LogP contribution in [0.2, 0.25) is 0 Å². The van der Waals surface area contributed by atoms with Crippen molar-refractivity contribution in [2.75, 3.05) is 20.3 Å². The van der Waals surface area contributed by atoms with Gasteiger partial charge in [0.1, 0.15) is 0 Å². The second-order valence-electron chi connectivity index (χ2n) is 5.38. The Bertz CT molecular complexity index is 177. The quantitative estimate of drug-likeness (QED) is 0.760. The van der Waals surface area contributed by atoms with Crippen LogP contribution in [0.3, 0.4) is 0 Å². The monoisotopic (exact) mass is 215 g/mol. The molecule has 1 rings (SSSR count). The van der Waals surface area contributed by atoms with Crippen molar-refractivity contribution in [3.63, 3.8) is 0 Å². The molecular weight excluding hydrogens is 190 g/mol. The lowest BCUT2D eigenvalue weighted by Gasteiger charge is -2.22. The van der Waals surface area contributed by atoms with Crippen LogP contribution in [-0.4, -0.2) is 38.0 Å². The fourth-order valence-electron chi connectivity index (χ4n) is 1.91. The van der Waals surface area contributed by atoms with Crippen LogP contribution in [0, 0.1) is 0 Å². The summed E-state index contributed by atoms with van der Waals surface area (Å²) in [7, 11) is 1.73. The normalized spacial score (nSPS) is 27.2. The summed E-state index contributed by atoms with van der Waals surface area (Å²) in [5.74, 6) is 0. The van der Waals surface area contributed by atoms with E-state index in [1.807, 2.05) is 0 Å².